The Morgan fingerprint density at radius 2 is 2.25 bits per heavy atom. The summed E-state index contributed by atoms with van der Waals surface area (Å²) >= 11 is 3.47. The van der Waals surface area contributed by atoms with Gasteiger partial charge in [0.25, 0.3) is 5.91 Å². The van der Waals surface area contributed by atoms with Crippen LogP contribution in [0.4, 0.5) is 5.69 Å². The number of carbonyl (C=O) groups excluding carboxylic acids is 1. The molecule has 0 bridgehead atoms. The number of aromatic nitrogens is 3. The minimum Gasteiger partial charge on any atom is -0.376 e. The summed E-state index contributed by atoms with van der Waals surface area (Å²) in [6, 6.07) is 11.6. The third-order valence-corrected chi connectivity index (χ3v) is 5.25. The average Bonchev–Trinajstić information content (AvgIpc) is 3.34. The summed E-state index contributed by atoms with van der Waals surface area (Å²) in [5.41, 5.74) is 3.73. The molecule has 1 fully saturated rings. The molecule has 2 aromatic heterocycles. The number of nitrogens with zero attached hydrogens (tertiary/aromatic N) is 3. The lowest BCUT2D eigenvalue weighted by atomic mass is 10.1. The van der Waals surface area contributed by atoms with E-state index in [9.17, 15) is 4.79 Å². The van der Waals surface area contributed by atoms with Gasteiger partial charge in [0.1, 0.15) is 0 Å². The van der Waals surface area contributed by atoms with Crippen molar-refractivity contribution in [3.8, 4) is 11.3 Å². The van der Waals surface area contributed by atoms with E-state index < -0.39 is 0 Å². The van der Waals surface area contributed by atoms with Gasteiger partial charge in [0.15, 0.2) is 0 Å². The number of nitrogens with one attached hydrogen (secondary N) is 1. The largest absolute Gasteiger partial charge is 0.376 e. The van der Waals surface area contributed by atoms with E-state index in [2.05, 4.69) is 31.3 Å². The summed E-state index contributed by atoms with van der Waals surface area (Å²) in [6.07, 6.45) is 5.85. The lowest BCUT2D eigenvalue weighted by Crippen LogP contribution is -2.15. The Morgan fingerprint density at radius 3 is 3.00 bits per heavy atom. The molecule has 6 nitrogen and oxygen atoms in total. The number of anilines is 1. The van der Waals surface area contributed by atoms with Gasteiger partial charge in [-0.05, 0) is 44.0 Å². The van der Waals surface area contributed by atoms with Gasteiger partial charge in [0, 0.05) is 22.8 Å². The molecule has 28 heavy (non-hydrogen) atoms. The summed E-state index contributed by atoms with van der Waals surface area (Å²) in [5.74, 6) is -0.192. The van der Waals surface area contributed by atoms with Crippen LogP contribution in [0.3, 0.4) is 0 Å². The molecule has 7 heteroatoms. The molecule has 4 rings (SSSR count). The number of ether oxygens (including phenoxy) is 1. The Bertz CT molecular complexity index is 996. The second-order valence-corrected chi connectivity index (χ2v) is 7.80. The van der Waals surface area contributed by atoms with Crippen molar-refractivity contribution < 1.29 is 9.53 Å². The minimum atomic E-state index is -0.192. The van der Waals surface area contributed by atoms with E-state index in [1.54, 1.807) is 6.20 Å². The van der Waals surface area contributed by atoms with Crippen LogP contribution in [0.25, 0.3) is 11.3 Å². The van der Waals surface area contributed by atoms with Gasteiger partial charge in [-0.3, -0.25) is 14.5 Å². The molecule has 1 aliphatic rings. The number of hydrogen-bond acceptors (Lipinski definition) is 4. The first-order valence-electron chi connectivity index (χ1n) is 9.27. The van der Waals surface area contributed by atoms with Crippen LogP contribution in [0.5, 0.6) is 0 Å². The Morgan fingerprint density at radius 1 is 1.36 bits per heavy atom. The Kier molecular flexibility index (Phi) is 5.54. The topological polar surface area (TPSA) is 69.0 Å². The van der Waals surface area contributed by atoms with Gasteiger partial charge in [0.05, 0.1) is 41.5 Å². The van der Waals surface area contributed by atoms with Gasteiger partial charge < -0.3 is 10.1 Å². The quantitative estimate of drug-likeness (QED) is 0.636. The van der Waals surface area contributed by atoms with Crippen LogP contribution >= 0.6 is 15.9 Å². The fourth-order valence-electron chi connectivity index (χ4n) is 3.33. The second-order valence-electron chi connectivity index (χ2n) is 6.88. The molecule has 1 aliphatic heterocycles. The number of amides is 1. The third kappa shape index (κ3) is 4.31. The number of rotatable bonds is 5. The first-order chi connectivity index (χ1) is 13.6. The first-order valence-corrected chi connectivity index (χ1v) is 10.1. The zero-order chi connectivity index (χ0) is 19.5. The van der Waals surface area contributed by atoms with Crippen LogP contribution in [-0.2, 0) is 11.3 Å². The highest BCUT2D eigenvalue weighted by molar-refractivity contribution is 9.10. The fourth-order valence-corrected chi connectivity index (χ4v) is 3.73. The molecular formula is C21H21BrN4O2. The summed E-state index contributed by atoms with van der Waals surface area (Å²) < 4.78 is 8.43. The SMILES string of the molecule is Cc1nc(-c2cccc(Br)c2)ccc1C(=O)Nc1cnn(C[C@H]2CCCO2)c1. The van der Waals surface area contributed by atoms with Crippen LogP contribution in [0.1, 0.15) is 28.9 Å². The summed E-state index contributed by atoms with van der Waals surface area (Å²) in [7, 11) is 0. The van der Waals surface area contributed by atoms with Crippen molar-refractivity contribution in [1.29, 1.82) is 0 Å². The summed E-state index contributed by atoms with van der Waals surface area (Å²) in [4.78, 5) is 17.3. The first kappa shape index (κ1) is 18.8. The molecule has 1 aromatic carbocycles. The molecule has 0 radical (unpaired) electrons. The second kappa shape index (κ2) is 8.24. The lowest BCUT2D eigenvalue weighted by molar-refractivity contribution is 0.0940. The van der Waals surface area contributed by atoms with Crippen LogP contribution < -0.4 is 5.32 Å². The van der Waals surface area contributed by atoms with E-state index in [-0.39, 0.29) is 12.0 Å². The third-order valence-electron chi connectivity index (χ3n) is 4.76. The van der Waals surface area contributed by atoms with Crippen molar-refractivity contribution in [1.82, 2.24) is 14.8 Å². The molecule has 144 valence electrons. The summed E-state index contributed by atoms with van der Waals surface area (Å²) in [5, 5.41) is 7.21. The average molecular weight is 441 g/mol. The molecule has 0 unspecified atom stereocenters. The van der Waals surface area contributed by atoms with Gasteiger partial charge in [-0.1, -0.05) is 28.1 Å². The van der Waals surface area contributed by atoms with Crippen molar-refractivity contribution in [3.63, 3.8) is 0 Å². The maximum absolute atomic E-state index is 12.7. The van der Waals surface area contributed by atoms with E-state index >= 15 is 0 Å². The maximum atomic E-state index is 12.7. The van der Waals surface area contributed by atoms with Gasteiger partial charge in [-0.25, -0.2) is 0 Å². The highest BCUT2D eigenvalue weighted by atomic mass is 79.9. The monoisotopic (exact) mass is 440 g/mol. The number of benzene rings is 1. The van der Waals surface area contributed by atoms with E-state index in [0.717, 1.165) is 35.2 Å². The molecule has 0 aliphatic carbocycles. The summed E-state index contributed by atoms with van der Waals surface area (Å²) in [6.45, 7) is 3.37. The zero-order valence-electron chi connectivity index (χ0n) is 15.6. The predicted octanol–water partition coefficient (Wildman–Crippen LogP) is 4.45. The molecular weight excluding hydrogens is 420 g/mol. The zero-order valence-corrected chi connectivity index (χ0v) is 17.1. The fraction of sp³-hybridized carbons (Fsp3) is 0.286. The standard InChI is InChI=1S/C21H21BrN4O2/c1-14-19(7-8-20(24-14)15-4-2-5-16(22)10-15)21(27)25-17-11-23-26(12-17)13-18-6-3-9-28-18/h2,4-5,7-8,10-12,18H,3,6,9,13H2,1H3,(H,25,27)/t18-/m1/s1. The van der Waals surface area contributed by atoms with Gasteiger partial charge in [0.2, 0.25) is 0 Å². The molecule has 1 atom stereocenters. The van der Waals surface area contributed by atoms with E-state index in [4.69, 9.17) is 4.74 Å². The molecule has 3 heterocycles. The van der Waals surface area contributed by atoms with Crippen molar-refractivity contribution in [2.75, 3.05) is 11.9 Å². The lowest BCUT2D eigenvalue weighted by Gasteiger charge is -2.09. The number of pyridine rings is 1. The number of halogens is 1. The molecule has 1 saturated heterocycles. The Hall–Kier alpha value is -2.51. The number of carbonyl (C=O) groups is 1. The number of hydrogen-bond donors (Lipinski definition) is 1. The van der Waals surface area contributed by atoms with E-state index in [1.807, 2.05) is 54.2 Å². The highest BCUT2D eigenvalue weighted by Crippen LogP contribution is 2.23. The highest BCUT2D eigenvalue weighted by Gasteiger charge is 2.17. The van der Waals surface area contributed by atoms with Gasteiger partial charge >= 0.3 is 0 Å². The Balaban J connectivity index is 1.45. The van der Waals surface area contributed by atoms with Crippen molar-refractivity contribution in [2.45, 2.75) is 32.4 Å². The van der Waals surface area contributed by atoms with Crippen LogP contribution in [0, 0.1) is 6.92 Å². The molecule has 3 aromatic rings. The van der Waals surface area contributed by atoms with Crippen molar-refractivity contribution >= 4 is 27.5 Å². The molecule has 1 N–H and O–H groups in total. The maximum Gasteiger partial charge on any atom is 0.257 e. The van der Waals surface area contributed by atoms with Gasteiger partial charge in [-0.15, -0.1) is 0 Å². The smallest absolute Gasteiger partial charge is 0.257 e. The van der Waals surface area contributed by atoms with Crippen molar-refractivity contribution in [2.24, 2.45) is 0 Å². The minimum absolute atomic E-state index is 0.192. The van der Waals surface area contributed by atoms with Gasteiger partial charge in [-0.2, -0.15) is 5.10 Å². The van der Waals surface area contributed by atoms with E-state index in [0.29, 0.717) is 23.5 Å². The normalized spacial score (nSPS) is 16.3. The predicted molar refractivity (Wildman–Crippen MR) is 111 cm³/mol. The van der Waals surface area contributed by atoms with Crippen LogP contribution in [0.15, 0.2) is 53.3 Å². The van der Waals surface area contributed by atoms with Crippen LogP contribution in [-0.4, -0.2) is 33.4 Å². The van der Waals surface area contributed by atoms with Crippen molar-refractivity contribution in [3.05, 3.63) is 64.5 Å². The molecule has 0 spiro atoms. The van der Waals surface area contributed by atoms with Crippen LogP contribution in [0.2, 0.25) is 0 Å². The van der Waals surface area contributed by atoms with E-state index in [1.165, 1.54) is 0 Å². The molecule has 1 amide bonds. The molecule has 0 saturated carbocycles. The number of aryl methyl sites for hydroxylation is 1. The Labute approximate surface area is 172 Å².